The lowest BCUT2D eigenvalue weighted by atomic mass is 9.77. The minimum absolute atomic E-state index is 0. The second kappa shape index (κ2) is 9.00. The molecule has 1 saturated carbocycles. The molecule has 7 heteroatoms. The fraction of sp³-hybridized carbons (Fsp3) is 0.400. The molecule has 3 aliphatic rings. The molecule has 2 fully saturated rings. The smallest absolute Gasteiger partial charge is 0.0726 e. The first-order valence-electron chi connectivity index (χ1n) is 11.3. The number of nitrogens with zero attached hydrogens (tertiary/aromatic N) is 1. The molecule has 1 aliphatic heterocycles. The number of aromatic nitrogens is 1. The minimum atomic E-state index is 0. The molecular formula is C25H27Cl3N4. The van der Waals surface area contributed by atoms with Crippen molar-refractivity contribution in [3.8, 4) is 0 Å². The molecular weight excluding hydrogens is 463 g/mol. The van der Waals surface area contributed by atoms with Crippen LogP contribution in [0.3, 0.4) is 0 Å². The molecule has 0 radical (unpaired) electrons. The Bertz CT molecular complexity index is 1150. The van der Waals surface area contributed by atoms with Crippen LogP contribution in [0.15, 0.2) is 42.5 Å². The van der Waals surface area contributed by atoms with E-state index >= 15 is 0 Å². The molecule has 6 rings (SSSR count). The highest BCUT2D eigenvalue weighted by molar-refractivity contribution is 6.42. The van der Waals surface area contributed by atoms with E-state index in [0.29, 0.717) is 28.0 Å². The molecule has 1 saturated heterocycles. The maximum absolute atomic E-state index is 6.31. The largest absolute Gasteiger partial charge is 0.381 e. The Balaban J connectivity index is 0.00000216. The van der Waals surface area contributed by atoms with Crippen LogP contribution in [-0.4, -0.2) is 17.1 Å². The summed E-state index contributed by atoms with van der Waals surface area (Å²) in [5, 5.41) is 6.47. The van der Waals surface area contributed by atoms with E-state index in [1.165, 1.54) is 34.3 Å². The van der Waals surface area contributed by atoms with E-state index < -0.39 is 0 Å². The number of pyridine rings is 1. The standard InChI is InChI=1S/C25H26Cl2N4.ClH/c26-19-10-8-14(12-20(19)27)24-18-13-15(9-11-23(18)30-31-24)28-25-16-4-1-2-6-21(16)29-22-7-3-5-17(22)25;/h1-2,4,6,8,10,12,15,18,23-24,30-31H,3,5,7,9,11,13H2,(H,28,29);1H. The van der Waals surface area contributed by atoms with Gasteiger partial charge in [0.25, 0.3) is 0 Å². The van der Waals surface area contributed by atoms with Crippen LogP contribution in [0.2, 0.25) is 10.0 Å². The summed E-state index contributed by atoms with van der Waals surface area (Å²) in [4.78, 5) is 4.95. The van der Waals surface area contributed by atoms with E-state index in [1.807, 2.05) is 12.1 Å². The minimum Gasteiger partial charge on any atom is -0.381 e. The first-order chi connectivity index (χ1) is 15.2. The van der Waals surface area contributed by atoms with Crippen molar-refractivity contribution in [2.45, 2.75) is 56.7 Å². The van der Waals surface area contributed by atoms with E-state index in [9.17, 15) is 0 Å². The second-order valence-electron chi connectivity index (χ2n) is 9.15. The van der Waals surface area contributed by atoms with Gasteiger partial charge in [-0.1, -0.05) is 47.5 Å². The number of fused-ring (bicyclic) bond motifs is 3. The monoisotopic (exact) mass is 488 g/mol. The maximum atomic E-state index is 6.31. The quantitative estimate of drug-likeness (QED) is 0.407. The summed E-state index contributed by atoms with van der Waals surface area (Å²) >= 11 is 12.5. The first-order valence-corrected chi connectivity index (χ1v) is 12.1. The number of benzene rings is 2. The number of nitrogens with one attached hydrogen (secondary N) is 3. The fourth-order valence-corrected chi connectivity index (χ4v) is 6.11. The molecule has 2 aromatic carbocycles. The van der Waals surface area contributed by atoms with Crippen molar-refractivity contribution in [2.24, 2.45) is 5.92 Å². The second-order valence-corrected chi connectivity index (χ2v) is 9.96. The number of hydrogen-bond donors (Lipinski definition) is 3. The molecule has 1 aromatic heterocycles. The summed E-state index contributed by atoms with van der Waals surface area (Å²) in [7, 11) is 0. The highest BCUT2D eigenvalue weighted by atomic mass is 35.5. The SMILES string of the molecule is Cl.Clc1ccc(C2NNC3CCC(Nc4c5c(nc6ccccc46)CCC5)CC32)cc1Cl. The van der Waals surface area contributed by atoms with Crippen LogP contribution in [0.4, 0.5) is 5.69 Å². The van der Waals surface area contributed by atoms with Gasteiger partial charge in [0.2, 0.25) is 0 Å². The van der Waals surface area contributed by atoms with Crippen molar-refractivity contribution in [3.05, 3.63) is 69.3 Å². The molecule has 32 heavy (non-hydrogen) atoms. The Morgan fingerprint density at radius 1 is 0.969 bits per heavy atom. The van der Waals surface area contributed by atoms with Crippen LogP contribution in [0.5, 0.6) is 0 Å². The van der Waals surface area contributed by atoms with Crippen LogP contribution >= 0.6 is 35.6 Å². The van der Waals surface area contributed by atoms with Gasteiger partial charge in [0.1, 0.15) is 0 Å². The number of para-hydroxylation sites is 1. The van der Waals surface area contributed by atoms with Crippen molar-refractivity contribution in [1.82, 2.24) is 15.8 Å². The summed E-state index contributed by atoms with van der Waals surface area (Å²) in [5.74, 6) is 0.504. The highest BCUT2D eigenvalue weighted by Gasteiger charge is 2.41. The molecule has 2 heterocycles. The molecule has 0 spiro atoms. The Morgan fingerprint density at radius 3 is 2.72 bits per heavy atom. The molecule has 4 nitrogen and oxygen atoms in total. The van der Waals surface area contributed by atoms with Gasteiger partial charge < -0.3 is 5.32 Å². The number of aryl methyl sites for hydroxylation is 1. The third-order valence-electron chi connectivity index (χ3n) is 7.32. The zero-order valence-electron chi connectivity index (χ0n) is 17.7. The van der Waals surface area contributed by atoms with E-state index in [-0.39, 0.29) is 18.4 Å². The lowest BCUT2D eigenvalue weighted by molar-refractivity contribution is 0.289. The molecule has 168 valence electrons. The number of halogens is 3. The van der Waals surface area contributed by atoms with Crippen molar-refractivity contribution >= 4 is 52.2 Å². The van der Waals surface area contributed by atoms with Crippen LogP contribution in [0.1, 0.15) is 48.5 Å². The zero-order valence-corrected chi connectivity index (χ0v) is 20.0. The van der Waals surface area contributed by atoms with Crippen molar-refractivity contribution in [1.29, 1.82) is 0 Å². The Labute approximate surface area is 204 Å². The van der Waals surface area contributed by atoms with Crippen molar-refractivity contribution in [3.63, 3.8) is 0 Å². The van der Waals surface area contributed by atoms with Crippen LogP contribution in [0, 0.1) is 5.92 Å². The number of anilines is 1. The van der Waals surface area contributed by atoms with Crippen LogP contribution < -0.4 is 16.2 Å². The Morgan fingerprint density at radius 2 is 1.84 bits per heavy atom. The Hall–Kier alpha value is -1.56. The summed E-state index contributed by atoms with van der Waals surface area (Å²) in [6, 6.07) is 15.7. The lowest BCUT2D eigenvalue weighted by Gasteiger charge is -2.35. The van der Waals surface area contributed by atoms with Crippen molar-refractivity contribution in [2.75, 3.05) is 5.32 Å². The average molecular weight is 490 g/mol. The highest BCUT2D eigenvalue weighted by Crippen LogP contribution is 2.42. The van der Waals surface area contributed by atoms with Gasteiger partial charge in [0, 0.05) is 28.9 Å². The number of hydrazine groups is 1. The van der Waals surface area contributed by atoms with E-state index in [0.717, 1.165) is 37.6 Å². The van der Waals surface area contributed by atoms with Gasteiger partial charge in [-0.05, 0) is 73.8 Å². The Kier molecular flexibility index (Phi) is 6.26. The van der Waals surface area contributed by atoms with Crippen molar-refractivity contribution < 1.29 is 0 Å². The third kappa shape index (κ3) is 3.86. The third-order valence-corrected chi connectivity index (χ3v) is 8.06. The molecule has 0 bridgehead atoms. The van der Waals surface area contributed by atoms with Crippen LogP contribution in [0.25, 0.3) is 10.9 Å². The van der Waals surface area contributed by atoms with E-state index in [1.54, 1.807) is 0 Å². The first kappa shape index (κ1) is 22.2. The fourth-order valence-electron chi connectivity index (χ4n) is 5.80. The summed E-state index contributed by atoms with van der Waals surface area (Å²) in [6.07, 6.45) is 6.85. The van der Waals surface area contributed by atoms with Gasteiger partial charge in [0.15, 0.2) is 0 Å². The van der Waals surface area contributed by atoms with Gasteiger partial charge in [0.05, 0.1) is 21.6 Å². The van der Waals surface area contributed by atoms with Gasteiger partial charge in [-0.3, -0.25) is 10.4 Å². The number of hydrogen-bond acceptors (Lipinski definition) is 4. The molecule has 2 aliphatic carbocycles. The molecule has 4 atom stereocenters. The van der Waals surface area contributed by atoms with E-state index in [4.69, 9.17) is 28.2 Å². The van der Waals surface area contributed by atoms with Gasteiger partial charge in [-0.2, -0.15) is 0 Å². The number of rotatable bonds is 3. The predicted octanol–water partition coefficient (Wildman–Crippen LogP) is 6.25. The molecule has 4 unspecified atom stereocenters. The van der Waals surface area contributed by atoms with Gasteiger partial charge >= 0.3 is 0 Å². The van der Waals surface area contributed by atoms with E-state index in [2.05, 4.69) is 46.5 Å². The maximum Gasteiger partial charge on any atom is 0.0726 e. The summed E-state index contributed by atoms with van der Waals surface area (Å²) < 4.78 is 0. The van der Waals surface area contributed by atoms with Crippen LogP contribution in [-0.2, 0) is 12.8 Å². The topological polar surface area (TPSA) is 49.0 Å². The lowest BCUT2D eigenvalue weighted by Crippen LogP contribution is -2.39. The van der Waals surface area contributed by atoms with Gasteiger partial charge in [-0.15, -0.1) is 12.4 Å². The summed E-state index contributed by atoms with van der Waals surface area (Å²) in [5.41, 5.74) is 13.4. The molecule has 3 aromatic rings. The molecule has 0 amide bonds. The molecule has 3 N–H and O–H groups in total. The summed E-state index contributed by atoms with van der Waals surface area (Å²) in [6.45, 7) is 0. The predicted molar refractivity (Wildman–Crippen MR) is 135 cm³/mol. The zero-order chi connectivity index (χ0) is 20.9. The van der Waals surface area contributed by atoms with Gasteiger partial charge in [-0.25, -0.2) is 5.43 Å². The normalized spacial score (nSPS) is 26.4. The average Bonchev–Trinajstić information content (AvgIpc) is 3.42.